The summed E-state index contributed by atoms with van der Waals surface area (Å²) in [5.74, 6) is -3.22. The van der Waals surface area contributed by atoms with E-state index in [2.05, 4.69) is 106 Å². The van der Waals surface area contributed by atoms with Gasteiger partial charge in [-0.15, -0.1) is 0 Å². The molecule has 0 aromatic rings. The van der Waals surface area contributed by atoms with Crippen LogP contribution >= 0.6 is 0 Å². The molecular weight excluding hydrogens is 877 g/mol. The zero-order chi connectivity index (χ0) is 50.4. The molecule has 1 saturated heterocycles. The standard InChI is InChI=1S/C57H92O12/c1-4-7-10-13-16-19-22-24-25-27-30-33-36-39-42-45-51(60)68-55-53(62)52(61)54(56(63)64)69-57(55)66-47-48(67-50(59)44-41-38-35-32-28-21-18-15-12-9-6-3)46-65-49(58)43-40-37-34-31-29-26-23-20-17-14-11-8-5-2/h7,10-11,14-16,18-20,23-25,30,33,48,52-55,57,61-62H,4-6,8-9,12-13,17,21-22,26-29,31-32,34-47H2,1-3H3,(H,63,64)/b10-7-,14-11-,18-15-,19-16-,23-20-,25-24-,33-30-. The molecule has 3 N–H and O–H groups in total. The van der Waals surface area contributed by atoms with Gasteiger partial charge < -0.3 is 39.0 Å². The van der Waals surface area contributed by atoms with E-state index in [-0.39, 0.29) is 25.9 Å². The lowest BCUT2D eigenvalue weighted by Gasteiger charge is -2.40. The fourth-order valence-corrected chi connectivity index (χ4v) is 7.32. The van der Waals surface area contributed by atoms with Gasteiger partial charge in [0.05, 0.1) is 6.61 Å². The van der Waals surface area contributed by atoms with Gasteiger partial charge in [0.25, 0.3) is 0 Å². The number of aliphatic hydroxyl groups is 2. The van der Waals surface area contributed by atoms with E-state index in [4.69, 9.17) is 23.7 Å². The second-order valence-corrected chi connectivity index (χ2v) is 17.8. The Balaban J connectivity index is 2.77. The van der Waals surface area contributed by atoms with Crippen LogP contribution in [0.3, 0.4) is 0 Å². The number of carboxylic acid groups (broad SMARTS) is 1. The van der Waals surface area contributed by atoms with Crippen LogP contribution in [0.4, 0.5) is 0 Å². The van der Waals surface area contributed by atoms with E-state index >= 15 is 0 Å². The van der Waals surface area contributed by atoms with Gasteiger partial charge >= 0.3 is 23.9 Å². The predicted octanol–water partition coefficient (Wildman–Crippen LogP) is 12.8. The third kappa shape index (κ3) is 35.6. The molecule has 0 aromatic carbocycles. The van der Waals surface area contributed by atoms with Gasteiger partial charge in [-0.1, -0.05) is 164 Å². The average Bonchev–Trinajstić information content (AvgIpc) is 3.33. The highest BCUT2D eigenvalue weighted by molar-refractivity contribution is 5.74. The predicted molar refractivity (Wildman–Crippen MR) is 275 cm³/mol. The van der Waals surface area contributed by atoms with Gasteiger partial charge in [0.1, 0.15) is 18.8 Å². The topological polar surface area (TPSA) is 175 Å². The first kappa shape index (κ1) is 62.9. The molecule has 12 nitrogen and oxygen atoms in total. The quantitative estimate of drug-likeness (QED) is 0.0229. The number of aliphatic carboxylic acids is 1. The Morgan fingerprint density at radius 1 is 0.493 bits per heavy atom. The maximum Gasteiger partial charge on any atom is 0.335 e. The van der Waals surface area contributed by atoms with E-state index in [1.54, 1.807) is 0 Å². The molecule has 12 heteroatoms. The summed E-state index contributed by atoms with van der Waals surface area (Å²) in [6.45, 7) is 5.70. The number of carbonyl (C=O) groups excluding carboxylic acids is 3. The first-order valence-corrected chi connectivity index (χ1v) is 26.6. The molecule has 6 atom stereocenters. The van der Waals surface area contributed by atoms with Crippen LogP contribution in [-0.2, 0) is 42.9 Å². The largest absolute Gasteiger partial charge is 0.479 e. The fraction of sp³-hybridized carbons (Fsp3) is 0.684. The van der Waals surface area contributed by atoms with Gasteiger partial charge in [-0.3, -0.25) is 14.4 Å². The summed E-state index contributed by atoms with van der Waals surface area (Å²) >= 11 is 0. The van der Waals surface area contributed by atoms with E-state index in [0.29, 0.717) is 25.7 Å². The minimum absolute atomic E-state index is 0.00278. The van der Waals surface area contributed by atoms with Crippen LogP contribution in [0.25, 0.3) is 0 Å². The van der Waals surface area contributed by atoms with E-state index in [1.807, 2.05) is 0 Å². The Morgan fingerprint density at radius 3 is 1.49 bits per heavy atom. The van der Waals surface area contributed by atoms with Crippen molar-refractivity contribution in [1.29, 1.82) is 0 Å². The van der Waals surface area contributed by atoms with E-state index in [1.165, 1.54) is 12.8 Å². The van der Waals surface area contributed by atoms with Crippen molar-refractivity contribution in [3.63, 3.8) is 0 Å². The highest BCUT2D eigenvalue weighted by Crippen LogP contribution is 2.26. The zero-order valence-corrected chi connectivity index (χ0v) is 42.8. The Hall–Kier alpha value is -4.10. The molecule has 392 valence electrons. The third-order valence-corrected chi connectivity index (χ3v) is 11.4. The zero-order valence-electron chi connectivity index (χ0n) is 42.8. The van der Waals surface area contributed by atoms with Crippen LogP contribution in [0.2, 0.25) is 0 Å². The summed E-state index contributed by atoms with van der Waals surface area (Å²) in [5.41, 5.74) is 0. The summed E-state index contributed by atoms with van der Waals surface area (Å²) in [4.78, 5) is 50.8. The van der Waals surface area contributed by atoms with Crippen LogP contribution in [0, 0.1) is 0 Å². The van der Waals surface area contributed by atoms with Gasteiger partial charge in [-0.2, -0.15) is 0 Å². The van der Waals surface area contributed by atoms with Crippen molar-refractivity contribution >= 4 is 23.9 Å². The van der Waals surface area contributed by atoms with Crippen molar-refractivity contribution < 1.29 is 58.2 Å². The number of carbonyl (C=O) groups is 4. The molecule has 0 radical (unpaired) electrons. The van der Waals surface area contributed by atoms with Crippen molar-refractivity contribution in [2.45, 2.75) is 237 Å². The number of ether oxygens (including phenoxy) is 5. The molecule has 0 aliphatic carbocycles. The number of hydrogen-bond acceptors (Lipinski definition) is 11. The van der Waals surface area contributed by atoms with Crippen LogP contribution in [0.15, 0.2) is 85.1 Å². The third-order valence-electron chi connectivity index (χ3n) is 11.4. The van der Waals surface area contributed by atoms with Gasteiger partial charge in [-0.05, 0) is 103 Å². The van der Waals surface area contributed by atoms with Gasteiger partial charge in [0, 0.05) is 19.3 Å². The Kier molecular flexibility index (Phi) is 41.1. The molecule has 1 aliphatic heterocycles. The van der Waals surface area contributed by atoms with Crippen LogP contribution in [0.5, 0.6) is 0 Å². The molecular formula is C57H92O12. The summed E-state index contributed by atoms with van der Waals surface area (Å²) in [7, 11) is 0. The summed E-state index contributed by atoms with van der Waals surface area (Å²) in [6, 6.07) is 0. The lowest BCUT2D eigenvalue weighted by Crippen LogP contribution is -2.61. The molecule has 0 amide bonds. The molecule has 0 spiro atoms. The van der Waals surface area contributed by atoms with Gasteiger partial charge in [0.2, 0.25) is 0 Å². The highest BCUT2D eigenvalue weighted by atomic mass is 16.7. The average molecular weight is 969 g/mol. The monoisotopic (exact) mass is 969 g/mol. The number of aliphatic hydroxyl groups excluding tert-OH is 2. The minimum Gasteiger partial charge on any atom is -0.479 e. The summed E-state index contributed by atoms with van der Waals surface area (Å²) < 4.78 is 28.2. The van der Waals surface area contributed by atoms with E-state index in [0.717, 1.165) is 122 Å². The van der Waals surface area contributed by atoms with Crippen LogP contribution < -0.4 is 0 Å². The van der Waals surface area contributed by atoms with Crippen molar-refractivity contribution in [1.82, 2.24) is 0 Å². The molecule has 0 saturated carbocycles. The summed E-state index contributed by atoms with van der Waals surface area (Å²) in [6.07, 6.45) is 44.3. The molecule has 1 aliphatic rings. The maximum absolute atomic E-state index is 13.0. The Bertz CT molecular complexity index is 1530. The van der Waals surface area contributed by atoms with E-state index in [9.17, 15) is 34.5 Å². The normalized spacial score (nSPS) is 19.3. The van der Waals surface area contributed by atoms with Gasteiger partial charge in [-0.25, -0.2) is 4.79 Å². The molecule has 0 aromatic heterocycles. The first-order valence-electron chi connectivity index (χ1n) is 26.6. The number of allylic oxidation sites excluding steroid dienone is 14. The second kappa shape index (κ2) is 45.1. The Morgan fingerprint density at radius 2 is 0.942 bits per heavy atom. The number of unbranched alkanes of at least 4 members (excludes halogenated alkanes) is 15. The molecule has 1 heterocycles. The first-order chi connectivity index (χ1) is 33.6. The van der Waals surface area contributed by atoms with Gasteiger partial charge in [0.15, 0.2) is 24.6 Å². The number of rotatable bonds is 43. The molecule has 0 bridgehead atoms. The number of hydrogen-bond donors (Lipinski definition) is 3. The molecule has 69 heavy (non-hydrogen) atoms. The highest BCUT2D eigenvalue weighted by Gasteiger charge is 2.50. The number of carboxylic acids is 1. The van der Waals surface area contributed by atoms with Crippen molar-refractivity contribution in [3.8, 4) is 0 Å². The molecule has 1 fully saturated rings. The Labute approximate surface area is 416 Å². The lowest BCUT2D eigenvalue weighted by molar-refractivity contribution is -0.301. The molecule has 1 rings (SSSR count). The smallest absolute Gasteiger partial charge is 0.335 e. The summed E-state index contributed by atoms with van der Waals surface area (Å²) in [5, 5.41) is 31.3. The fourth-order valence-electron chi connectivity index (χ4n) is 7.32. The van der Waals surface area contributed by atoms with Crippen molar-refractivity contribution in [2.24, 2.45) is 0 Å². The second-order valence-electron chi connectivity index (χ2n) is 17.8. The van der Waals surface area contributed by atoms with E-state index < -0.39 is 67.3 Å². The maximum atomic E-state index is 13.0. The molecule has 6 unspecified atom stereocenters. The van der Waals surface area contributed by atoms with Crippen molar-refractivity contribution in [3.05, 3.63) is 85.1 Å². The SMILES string of the molecule is CC/C=C\C/C=C\C/C=C\C/C=C\CCCCC(=O)OC1C(OCC(COC(=O)CCCCCCC/C=C\C/C=C\CCC)OC(=O)CCCCCCC/C=C\CCCC)OC(C(=O)O)C(O)C1O. The number of esters is 3. The van der Waals surface area contributed by atoms with Crippen molar-refractivity contribution in [2.75, 3.05) is 13.2 Å². The lowest BCUT2D eigenvalue weighted by atomic mass is 9.98. The van der Waals surface area contributed by atoms with Crippen LogP contribution in [-0.4, -0.2) is 89.2 Å². The minimum atomic E-state index is -1.92. The van der Waals surface area contributed by atoms with Crippen LogP contribution in [0.1, 0.15) is 201 Å².